The Balaban J connectivity index is 2.51. The molecule has 1 rings (SSSR count). The van der Waals surface area contributed by atoms with Crippen molar-refractivity contribution in [2.24, 2.45) is 11.5 Å². The highest BCUT2D eigenvalue weighted by Gasteiger charge is 2.23. The van der Waals surface area contributed by atoms with Crippen molar-refractivity contribution in [1.82, 2.24) is 0 Å². The summed E-state index contributed by atoms with van der Waals surface area (Å²) in [7, 11) is 0. The molecule has 2 nitrogen and oxygen atoms in total. The van der Waals surface area contributed by atoms with E-state index in [0.29, 0.717) is 0 Å². The topological polar surface area (TPSA) is 52.0 Å². The maximum atomic E-state index is 5.69. The van der Waals surface area contributed by atoms with E-state index in [1.54, 1.807) is 0 Å². The third-order valence-corrected chi connectivity index (χ3v) is 1.75. The van der Waals surface area contributed by atoms with Gasteiger partial charge in [-0.3, -0.25) is 0 Å². The second-order valence-electron chi connectivity index (χ2n) is 3.01. The van der Waals surface area contributed by atoms with Gasteiger partial charge >= 0.3 is 0 Å². The summed E-state index contributed by atoms with van der Waals surface area (Å²) in [6.45, 7) is 3.85. The van der Waals surface area contributed by atoms with Crippen molar-refractivity contribution < 1.29 is 0 Å². The lowest BCUT2D eigenvalue weighted by Gasteiger charge is -2.30. The molecule has 1 aliphatic carbocycles. The van der Waals surface area contributed by atoms with Crippen LogP contribution in [0.2, 0.25) is 0 Å². The Hall–Kier alpha value is -0.340. The van der Waals surface area contributed by atoms with E-state index >= 15 is 0 Å². The van der Waals surface area contributed by atoms with Gasteiger partial charge in [-0.25, -0.2) is 0 Å². The zero-order valence-electron chi connectivity index (χ0n) is 5.69. The normalized spacial score (nSPS) is 26.2. The summed E-state index contributed by atoms with van der Waals surface area (Å²) >= 11 is 0. The van der Waals surface area contributed by atoms with E-state index in [0.717, 1.165) is 25.7 Å². The molecule has 0 saturated heterocycles. The van der Waals surface area contributed by atoms with Gasteiger partial charge in [-0.15, -0.1) is 0 Å². The first-order chi connectivity index (χ1) is 4.10. The second kappa shape index (κ2) is 2.12. The molecule has 1 fully saturated rings. The van der Waals surface area contributed by atoms with Gasteiger partial charge in [0.2, 0.25) is 0 Å². The van der Waals surface area contributed by atoms with E-state index in [1.807, 2.05) is 0 Å². The second-order valence-corrected chi connectivity index (χ2v) is 3.01. The van der Waals surface area contributed by atoms with Crippen molar-refractivity contribution in [2.45, 2.75) is 31.3 Å². The summed E-state index contributed by atoms with van der Waals surface area (Å²) in [5.74, 6) is 0. The lowest BCUT2D eigenvalue weighted by atomic mass is 9.87. The summed E-state index contributed by atoms with van der Waals surface area (Å²) in [5, 5.41) is 0. The molecule has 0 aromatic rings. The Morgan fingerprint density at radius 1 is 1.44 bits per heavy atom. The Morgan fingerprint density at radius 3 is 2.44 bits per heavy atom. The summed E-state index contributed by atoms with van der Waals surface area (Å²) in [6, 6.07) is 0. The average Bonchev–Trinajstić information content (AvgIpc) is 1.60. The van der Waals surface area contributed by atoms with Crippen molar-refractivity contribution >= 4 is 0 Å². The van der Waals surface area contributed by atoms with Crippen LogP contribution >= 0.6 is 0 Å². The first-order valence-corrected chi connectivity index (χ1v) is 3.35. The van der Waals surface area contributed by atoms with Crippen molar-refractivity contribution in [2.75, 3.05) is 0 Å². The van der Waals surface area contributed by atoms with Gasteiger partial charge < -0.3 is 11.5 Å². The molecule has 2 heteroatoms. The minimum Gasteiger partial charge on any atom is -0.313 e. The van der Waals surface area contributed by atoms with Crippen LogP contribution in [0.5, 0.6) is 0 Å². The minimum atomic E-state index is -0.449. The molecular weight excluding hydrogens is 112 g/mol. The Labute approximate surface area is 55.9 Å². The fourth-order valence-corrected chi connectivity index (χ4v) is 1.31. The zero-order valence-corrected chi connectivity index (χ0v) is 5.69. The van der Waals surface area contributed by atoms with Crippen LogP contribution in [0.4, 0.5) is 0 Å². The molecular formula is C7H14N2. The first kappa shape index (κ1) is 6.78. The van der Waals surface area contributed by atoms with Gasteiger partial charge in [-0.05, 0) is 25.7 Å². The molecule has 0 spiro atoms. The fourth-order valence-electron chi connectivity index (χ4n) is 1.31. The lowest BCUT2D eigenvalue weighted by molar-refractivity contribution is 0.356. The van der Waals surface area contributed by atoms with Crippen LogP contribution in [-0.4, -0.2) is 5.66 Å². The van der Waals surface area contributed by atoms with Crippen molar-refractivity contribution in [3.05, 3.63) is 12.2 Å². The fraction of sp³-hybridized carbons (Fsp3) is 0.714. The van der Waals surface area contributed by atoms with Crippen LogP contribution in [-0.2, 0) is 0 Å². The molecule has 1 saturated carbocycles. The highest BCUT2D eigenvalue weighted by atomic mass is 14.9. The molecule has 0 heterocycles. The molecule has 0 aromatic carbocycles. The summed E-state index contributed by atoms with van der Waals surface area (Å²) in [6.07, 6.45) is 3.95. The largest absolute Gasteiger partial charge is 0.313 e. The predicted molar refractivity (Wildman–Crippen MR) is 38.7 cm³/mol. The van der Waals surface area contributed by atoms with Gasteiger partial charge in [-0.2, -0.15) is 0 Å². The molecule has 0 amide bonds. The third-order valence-electron chi connectivity index (χ3n) is 1.75. The van der Waals surface area contributed by atoms with Crippen molar-refractivity contribution in [1.29, 1.82) is 0 Å². The number of hydrogen-bond donors (Lipinski definition) is 2. The van der Waals surface area contributed by atoms with Gasteiger partial charge in [0.25, 0.3) is 0 Å². The van der Waals surface area contributed by atoms with Crippen LogP contribution in [0.1, 0.15) is 25.7 Å². The van der Waals surface area contributed by atoms with Crippen LogP contribution < -0.4 is 11.5 Å². The van der Waals surface area contributed by atoms with E-state index in [-0.39, 0.29) is 0 Å². The maximum absolute atomic E-state index is 5.69. The molecule has 1 aliphatic rings. The molecule has 0 atom stereocenters. The highest BCUT2D eigenvalue weighted by Crippen LogP contribution is 2.24. The molecule has 4 N–H and O–H groups in total. The van der Waals surface area contributed by atoms with Gasteiger partial charge in [0, 0.05) is 0 Å². The molecule has 0 radical (unpaired) electrons. The quantitative estimate of drug-likeness (QED) is 0.371. The Bertz CT molecular complexity index is 127. The predicted octanol–water partition coefficient (Wildman–Crippen LogP) is 0.730. The van der Waals surface area contributed by atoms with Crippen LogP contribution in [0, 0.1) is 0 Å². The van der Waals surface area contributed by atoms with Gasteiger partial charge in [-0.1, -0.05) is 12.2 Å². The number of rotatable bonds is 0. The minimum absolute atomic E-state index is 0.449. The standard InChI is InChI=1S/C7H14N2/c1-6-3-2-4-7(8,9)5-6/h1-5,8-9H2. The summed E-state index contributed by atoms with van der Waals surface area (Å²) < 4.78 is 0. The van der Waals surface area contributed by atoms with E-state index in [1.165, 1.54) is 5.57 Å². The molecule has 0 aliphatic heterocycles. The maximum Gasteiger partial charge on any atom is 0.0674 e. The van der Waals surface area contributed by atoms with Crippen molar-refractivity contribution in [3.63, 3.8) is 0 Å². The van der Waals surface area contributed by atoms with E-state index in [4.69, 9.17) is 11.5 Å². The molecule has 0 unspecified atom stereocenters. The van der Waals surface area contributed by atoms with Crippen LogP contribution in [0.3, 0.4) is 0 Å². The Kier molecular flexibility index (Phi) is 1.60. The average molecular weight is 126 g/mol. The van der Waals surface area contributed by atoms with Gasteiger partial charge in [0.1, 0.15) is 0 Å². The smallest absolute Gasteiger partial charge is 0.0674 e. The van der Waals surface area contributed by atoms with Crippen LogP contribution in [0.25, 0.3) is 0 Å². The molecule has 0 aromatic heterocycles. The highest BCUT2D eigenvalue weighted by molar-refractivity contribution is 5.05. The first-order valence-electron chi connectivity index (χ1n) is 3.35. The monoisotopic (exact) mass is 126 g/mol. The van der Waals surface area contributed by atoms with Crippen LogP contribution in [0.15, 0.2) is 12.2 Å². The zero-order chi connectivity index (χ0) is 6.91. The van der Waals surface area contributed by atoms with E-state index in [2.05, 4.69) is 6.58 Å². The number of nitrogens with two attached hydrogens (primary N) is 2. The molecule has 52 valence electrons. The summed E-state index contributed by atoms with van der Waals surface area (Å²) in [4.78, 5) is 0. The molecule has 9 heavy (non-hydrogen) atoms. The van der Waals surface area contributed by atoms with Gasteiger partial charge in [0.05, 0.1) is 5.66 Å². The van der Waals surface area contributed by atoms with E-state index in [9.17, 15) is 0 Å². The number of hydrogen-bond acceptors (Lipinski definition) is 2. The summed E-state index contributed by atoms with van der Waals surface area (Å²) in [5.41, 5.74) is 12.1. The third kappa shape index (κ3) is 1.80. The Morgan fingerprint density at radius 2 is 2.11 bits per heavy atom. The van der Waals surface area contributed by atoms with E-state index < -0.39 is 5.66 Å². The van der Waals surface area contributed by atoms with Crippen molar-refractivity contribution in [3.8, 4) is 0 Å². The SMILES string of the molecule is C=C1CCCC(N)(N)C1. The molecule has 0 bridgehead atoms. The van der Waals surface area contributed by atoms with Gasteiger partial charge in [0.15, 0.2) is 0 Å². The lowest BCUT2D eigenvalue weighted by Crippen LogP contribution is -2.50.